The Morgan fingerprint density at radius 3 is 2.93 bits per heavy atom. The van der Waals surface area contributed by atoms with Gasteiger partial charge in [-0.05, 0) is 43.5 Å². The summed E-state index contributed by atoms with van der Waals surface area (Å²) in [6.07, 6.45) is 7.15. The van der Waals surface area contributed by atoms with Crippen LogP contribution in [0.2, 0.25) is 0 Å². The van der Waals surface area contributed by atoms with Crippen LogP contribution in [0.4, 0.5) is 5.82 Å². The van der Waals surface area contributed by atoms with Gasteiger partial charge in [-0.1, -0.05) is 6.07 Å². The quantitative estimate of drug-likeness (QED) is 0.569. The van der Waals surface area contributed by atoms with Gasteiger partial charge in [0.2, 0.25) is 5.91 Å². The topological polar surface area (TPSA) is 92.7 Å². The zero-order valence-corrected chi connectivity index (χ0v) is 16.2. The summed E-state index contributed by atoms with van der Waals surface area (Å²) in [4.78, 5) is 19.5. The summed E-state index contributed by atoms with van der Waals surface area (Å²) in [5.74, 6) is 1.00. The van der Waals surface area contributed by atoms with E-state index in [0.29, 0.717) is 6.54 Å². The Morgan fingerprint density at radius 2 is 2.10 bits per heavy atom. The number of hydrogen-bond donors (Lipinski definition) is 1. The highest BCUT2D eigenvalue weighted by atomic mass is 16.1. The average molecular weight is 390 g/mol. The Morgan fingerprint density at radius 1 is 1.24 bits per heavy atom. The maximum Gasteiger partial charge on any atom is 0.223 e. The number of carbonyl (C=O) groups is 1. The molecule has 0 spiro atoms. The van der Waals surface area contributed by atoms with E-state index in [1.165, 1.54) is 0 Å². The fraction of sp³-hybridized carbons (Fsp3) is 0.350. The molecule has 1 aliphatic heterocycles. The molecule has 0 aliphatic carbocycles. The van der Waals surface area contributed by atoms with Crippen molar-refractivity contribution in [3.05, 3.63) is 54.2 Å². The van der Waals surface area contributed by atoms with Gasteiger partial charge in [0, 0.05) is 31.4 Å². The third-order valence-corrected chi connectivity index (χ3v) is 5.51. The Bertz CT molecular complexity index is 1170. The van der Waals surface area contributed by atoms with Crippen molar-refractivity contribution < 1.29 is 4.79 Å². The van der Waals surface area contributed by atoms with Gasteiger partial charge in [0.25, 0.3) is 0 Å². The summed E-state index contributed by atoms with van der Waals surface area (Å²) in [5.41, 5.74) is 3.65. The number of nitrogens with one attached hydrogen (secondary N) is 1. The van der Waals surface area contributed by atoms with E-state index in [1.54, 1.807) is 10.8 Å². The summed E-state index contributed by atoms with van der Waals surface area (Å²) in [5, 5.41) is 15.4. The highest BCUT2D eigenvalue weighted by Crippen LogP contribution is 2.22. The van der Waals surface area contributed by atoms with E-state index in [2.05, 4.69) is 30.5 Å². The number of piperidine rings is 1. The van der Waals surface area contributed by atoms with Crippen LogP contribution in [0.15, 0.2) is 43.0 Å². The number of hydrogen-bond acceptors (Lipinski definition) is 6. The van der Waals surface area contributed by atoms with Crippen LogP contribution in [0.25, 0.3) is 11.3 Å². The van der Waals surface area contributed by atoms with Crippen LogP contribution in [-0.2, 0) is 11.3 Å². The normalized spacial score (nSPS) is 15.3. The number of pyridine rings is 1. The number of anilines is 1. The first kappa shape index (κ1) is 17.6. The molecular formula is C20H22N8O. The van der Waals surface area contributed by atoms with E-state index in [4.69, 9.17) is 0 Å². The summed E-state index contributed by atoms with van der Waals surface area (Å²) in [7, 11) is 0. The second kappa shape index (κ2) is 7.16. The second-order valence-corrected chi connectivity index (χ2v) is 7.46. The lowest BCUT2D eigenvalue weighted by atomic mass is 9.96. The van der Waals surface area contributed by atoms with Crippen molar-refractivity contribution in [2.45, 2.75) is 26.3 Å². The minimum Gasteiger partial charge on any atom is -0.355 e. The lowest BCUT2D eigenvalue weighted by Gasteiger charge is -2.31. The molecule has 1 saturated heterocycles. The molecule has 5 rings (SSSR count). The molecule has 1 aliphatic rings. The van der Waals surface area contributed by atoms with E-state index < -0.39 is 0 Å². The van der Waals surface area contributed by atoms with Gasteiger partial charge in [-0.15, -0.1) is 15.3 Å². The summed E-state index contributed by atoms with van der Waals surface area (Å²) in [6, 6.07) is 7.89. The number of fused-ring (bicyclic) bond motifs is 2. The smallest absolute Gasteiger partial charge is 0.223 e. The maximum atomic E-state index is 12.6. The third-order valence-electron chi connectivity index (χ3n) is 5.51. The van der Waals surface area contributed by atoms with Gasteiger partial charge in [0.05, 0.1) is 12.2 Å². The van der Waals surface area contributed by atoms with Gasteiger partial charge in [-0.3, -0.25) is 4.79 Å². The molecule has 0 saturated carbocycles. The van der Waals surface area contributed by atoms with E-state index in [-0.39, 0.29) is 11.8 Å². The second-order valence-electron chi connectivity index (χ2n) is 7.46. The molecule has 1 fully saturated rings. The Hall–Kier alpha value is -3.49. The van der Waals surface area contributed by atoms with Crippen molar-refractivity contribution in [3.63, 3.8) is 0 Å². The van der Waals surface area contributed by atoms with E-state index in [0.717, 1.165) is 54.3 Å². The van der Waals surface area contributed by atoms with Gasteiger partial charge in [0.1, 0.15) is 17.8 Å². The van der Waals surface area contributed by atoms with E-state index >= 15 is 0 Å². The van der Waals surface area contributed by atoms with Crippen molar-refractivity contribution in [1.82, 2.24) is 34.5 Å². The van der Waals surface area contributed by atoms with Gasteiger partial charge in [-0.2, -0.15) is 4.52 Å². The molecule has 5 heterocycles. The Kier molecular flexibility index (Phi) is 4.34. The lowest BCUT2D eigenvalue weighted by molar-refractivity contribution is -0.125. The Balaban J connectivity index is 1.18. The third kappa shape index (κ3) is 3.39. The molecule has 0 bridgehead atoms. The Labute approximate surface area is 167 Å². The van der Waals surface area contributed by atoms with Crippen LogP contribution in [0.1, 0.15) is 24.1 Å². The van der Waals surface area contributed by atoms with Gasteiger partial charge < -0.3 is 14.6 Å². The minimum absolute atomic E-state index is 0.0173. The van der Waals surface area contributed by atoms with Gasteiger partial charge >= 0.3 is 0 Å². The van der Waals surface area contributed by atoms with E-state index in [9.17, 15) is 4.79 Å². The highest BCUT2D eigenvalue weighted by Gasteiger charge is 2.25. The zero-order chi connectivity index (χ0) is 19.8. The van der Waals surface area contributed by atoms with Crippen molar-refractivity contribution >= 4 is 23.0 Å². The molecule has 0 radical (unpaired) electrons. The van der Waals surface area contributed by atoms with Crippen molar-refractivity contribution in [1.29, 1.82) is 0 Å². The first-order chi connectivity index (χ1) is 14.2. The lowest BCUT2D eigenvalue weighted by Crippen LogP contribution is -2.40. The molecule has 29 heavy (non-hydrogen) atoms. The van der Waals surface area contributed by atoms with Crippen LogP contribution in [-0.4, -0.2) is 48.2 Å². The van der Waals surface area contributed by atoms with Crippen LogP contribution < -0.4 is 10.2 Å². The zero-order valence-electron chi connectivity index (χ0n) is 16.2. The highest BCUT2D eigenvalue weighted by molar-refractivity contribution is 5.79. The van der Waals surface area contributed by atoms with Crippen molar-refractivity contribution in [3.8, 4) is 0 Å². The maximum absolute atomic E-state index is 12.6. The summed E-state index contributed by atoms with van der Waals surface area (Å²) < 4.78 is 3.67. The molecule has 1 amide bonds. The average Bonchev–Trinajstić information content (AvgIpc) is 3.39. The fourth-order valence-electron chi connectivity index (χ4n) is 3.87. The van der Waals surface area contributed by atoms with Gasteiger partial charge in [-0.25, -0.2) is 4.98 Å². The number of aryl methyl sites for hydroxylation is 1. The number of aromatic nitrogens is 6. The number of imidazole rings is 1. The van der Waals surface area contributed by atoms with Crippen LogP contribution in [0, 0.1) is 12.8 Å². The molecule has 148 valence electrons. The van der Waals surface area contributed by atoms with Gasteiger partial charge in [0.15, 0.2) is 5.65 Å². The number of nitrogens with zero attached hydrogens (tertiary/aromatic N) is 7. The molecule has 9 nitrogen and oxygen atoms in total. The van der Waals surface area contributed by atoms with Crippen LogP contribution in [0.3, 0.4) is 0 Å². The van der Waals surface area contributed by atoms with Crippen molar-refractivity contribution in [2.75, 3.05) is 18.0 Å². The monoisotopic (exact) mass is 390 g/mol. The van der Waals surface area contributed by atoms with E-state index in [1.807, 2.05) is 48.0 Å². The van der Waals surface area contributed by atoms with Crippen molar-refractivity contribution in [2.24, 2.45) is 5.92 Å². The number of rotatable bonds is 4. The number of amides is 1. The first-order valence-corrected chi connectivity index (χ1v) is 9.80. The first-order valence-electron chi connectivity index (χ1n) is 9.80. The van der Waals surface area contributed by atoms with Crippen LogP contribution in [0.5, 0.6) is 0 Å². The summed E-state index contributed by atoms with van der Waals surface area (Å²) in [6.45, 7) is 4.08. The molecule has 4 aromatic heterocycles. The predicted octanol–water partition coefficient (Wildman–Crippen LogP) is 1.61. The largest absolute Gasteiger partial charge is 0.355 e. The fourth-order valence-corrected chi connectivity index (χ4v) is 3.87. The predicted molar refractivity (Wildman–Crippen MR) is 107 cm³/mol. The molecule has 1 N–H and O–H groups in total. The van der Waals surface area contributed by atoms with Crippen LogP contribution >= 0.6 is 0 Å². The molecule has 0 aromatic carbocycles. The molecule has 4 aromatic rings. The molecule has 0 unspecified atom stereocenters. The SMILES string of the molecule is Cc1cccn2cc(CNC(=O)C3CCN(c4ccc5nncn5n4)CC3)nc12. The molecular weight excluding hydrogens is 368 g/mol. The number of carbonyl (C=O) groups excluding carboxylic acids is 1. The molecule has 9 heteroatoms. The summed E-state index contributed by atoms with van der Waals surface area (Å²) >= 11 is 0. The minimum atomic E-state index is 0.0173. The molecule has 0 atom stereocenters. The standard InChI is InChI=1S/C20H22N8O/c1-14-3-2-8-27-12-16(23-19(14)27)11-21-20(29)15-6-9-26(10-7-15)18-5-4-17-24-22-13-28(17)25-18/h2-5,8,12-13,15H,6-7,9-11H2,1H3,(H,21,29).